The summed E-state index contributed by atoms with van der Waals surface area (Å²) in [4.78, 5) is 14.0. The van der Waals surface area contributed by atoms with Gasteiger partial charge in [-0.05, 0) is 37.1 Å². The van der Waals surface area contributed by atoms with E-state index >= 15 is 0 Å². The van der Waals surface area contributed by atoms with E-state index in [1.165, 1.54) is 0 Å². The summed E-state index contributed by atoms with van der Waals surface area (Å²) < 4.78 is 5.23. The molecule has 3 nitrogen and oxygen atoms in total. The van der Waals surface area contributed by atoms with E-state index in [0.29, 0.717) is 6.42 Å². The van der Waals surface area contributed by atoms with Crippen LogP contribution in [0.25, 0.3) is 0 Å². The Hall–Kier alpha value is -1.77. The second-order valence-electron chi connectivity index (χ2n) is 4.57. The number of fused-ring (bicyclic) bond motifs is 1. The van der Waals surface area contributed by atoms with Gasteiger partial charge in [0.25, 0.3) is 0 Å². The fourth-order valence-electron chi connectivity index (χ4n) is 2.46. The van der Waals surface area contributed by atoms with Gasteiger partial charge in [0.1, 0.15) is 5.75 Å². The van der Waals surface area contributed by atoms with Crippen molar-refractivity contribution in [3.63, 3.8) is 0 Å². The summed E-state index contributed by atoms with van der Waals surface area (Å²) in [5.41, 5.74) is 1.46. The lowest BCUT2D eigenvalue weighted by Crippen LogP contribution is -2.35. The maximum Gasteiger partial charge on any atom is 0.237 e. The van der Waals surface area contributed by atoms with E-state index in [-0.39, 0.29) is 5.91 Å². The topological polar surface area (TPSA) is 29.5 Å². The number of carbonyl (C=O) groups excluding carboxylic acids is 1. The summed E-state index contributed by atoms with van der Waals surface area (Å²) >= 11 is 0. The quantitative estimate of drug-likeness (QED) is 0.748. The Morgan fingerprint density at radius 2 is 2.24 bits per heavy atom. The molecule has 0 aromatic heterocycles. The number of hydrogen-bond donors (Lipinski definition) is 0. The van der Waals surface area contributed by atoms with Crippen molar-refractivity contribution in [1.29, 1.82) is 0 Å². The van der Waals surface area contributed by atoms with Gasteiger partial charge in [0.15, 0.2) is 0 Å². The number of benzene rings is 1. The van der Waals surface area contributed by atoms with Crippen molar-refractivity contribution in [2.24, 2.45) is 0 Å². The van der Waals surface area contributed by atoms with Gasteiger partial charge in [-0.1, -0.05) is 6.08 Å². The SMILES string of the molecule is C=CC[C@]1(C)C(=O)N(C)c2ccc(OC)cc21. The molecule has 90 valence electrons. The van der Waals surface area contributed by atoms with E-state index in [4.69, 9.17) is 4.74 Å². The Morgan fingerprint density at radius 3 is 2.82 bits per heavy atom. The van der Waals surface area contributed by atoms with E-state index in [1.54, 1.807) is 18.1 Å². The molecule has 1 aliphatic heterocycles. The van der Waals surface area contributed by atoms with E-state index in [2.05, 4.69) is 6.58 Å². The van der Waals surface area contributed by atoms with Crippen LogP contribution in [0.3, 0.4) is 0 Å². The lowest BCUT2D eigenvalue weighted by molar-refractivity contribution is -0.122. The predicted molar refractivity (Wildman–Crippen MR) is 68.6 cm³/mol. The average Bonchev–Trinajstić information content (AvgIpc) is 2.52. The van der Waals surface area contributed by atoms with Crippen molar-refractivity contribution in [2.45, 2.75) is 18.8 Å². The Bertz CT molecular complexity index is 481. The maximum absolute atomic E-state index is 12.3. The molecule has 1 atom stereocenters. The molecule has 0 aliphatic carbocycles. The highest BCUT2D eigenvalue weighted by Crippen LogP contribution is 2.44. The molecule has 2 rings (SSSR count). The van der Waals surface area contributed by atoms with Crippen LogP contribution in [0.5, 0.6) is 5.75 Å². The fourth-order valence-corrected chi connectivity index (χ4v) is 2.46. The second kappa shape index (κ2) is 3.91. The van der Waals surface area contributed by atoms with Crippen molar-refractivity contribution in [3.8, 4) is 5.75 Å². The van der Waals surface area contributed by atoms with Crippen LogP contribution in [0.4, 0.5) is 5.69 Å². The van der Waals surface area contributed by atoms with Gasteiger partial charge in [-0.2, -0.15) is 0 Å². The minimum atomic E-state index is -0.514. The normalized spacial score (nSPS) is 22.5. The standard InChI is InChI=1S/C14H17NO2/c1-5-8-14(2)11-9-10(17-4)6-7-12(11)15(3)13(14)16/h5-7,9H,1,8H2,2-4H3/t14-/m0/s1. The molecular formula is C14H17NO2. The van der Waals surface area contributed by atoms with Crippen LogP contribution in [0.15, 0.2) is 30.9 Å². The van der Waals surface area contributed by atoms with Crippen LogP contribution in [0, 0.1) is 0 Å². The van der Waals surface area contributed by atoms with Crippen LogP contribution in [0.1, 0.15) is 18.9 Å². The zero-order valence-corrected chi connectivity index (χ0v) is 10.5. The van der Waals surface area contributed by atoms with Crippen molar-refractivity contribution >= 4 is 11.6 Å². The molecule has 3 heteroatoms. The van der Waals surface area contributed by atoms with Gasteiger partial charge >= 0.3 is 0 Å². The number of rotatable bonds is 3. The first kappa shape index (κ1) is 11.7. The molecule has 0 unspecified atom stereocenters. The largest absolute Gasteiger partial charge is 0.497 e. The number of carbonyl (C=O) groups is 1. The van der Waals surface area contributed by atoms with Gasteiger partial charge in [-0.15, -0.1) is 6.58 Å². The number of anilines is 1. The molecule has 0 spiro atoms. The van der Waals surface area contributed by atoms with Crippen LogP contribution >= 0.6 is 0 Å². The lowest BCUT2D eigenvalue weighted by atomic mass is 9.80. The fraction of sp³-hybridized carbons (Fsp3) is 0.357. The molecule has 0 fully saturated rings. The van der Waals surface area contributed by atoms with E-state index < -0.39 is 5.41 Å². The second-order valence-corrected chi connectivity index (χ2v) is 4.57. The zero-order valence-electron chi connectivity index (χ0n) is 10.5. The number of nitrogens with zero attached hydrogens (tertiary/aromatic N) is 1. The van der Waals surface area contributed by atoms with Gasteiger partial charge in [-0.3, -0.25) is 4.79 Å². The first-order chi connectivity index (χ1) is 8.04. The molecule has 1 heterocycles. The third kappa shape index (κ3) is 1.54. The number of likely N-dealkylation sites (N-methyl/N-ethyl adjacent to an activating group) is 1. The van der Waals surface area contributed by atoms with E-state index in [1.807, 2.05) is 32.2 Å². The van der Waals surface area contributed by atoms with Gasteiger partial charge in [0.2, 0.25) is 5.91 Å². The predicted octanol–water partition coefficient (Wildman–Crippen LogP) is 2.51. The van der Waals surface area contributed by atoms with Crippen LogP contribution < -0.4 is 9.64 Å². The van der Waals surface area contributed by atoms with E-state index in [9.17, 15) is 4.79 Å². The Kier molecular flexibility index (Phi) is 2.69. The Labute approximate surface area is 102 Å². The van der Waals surface area contributed by atoms with Gasteiger partial charge < -0.3 is 9.64 Å². The summed E-state index contributed by atoms with van der Waals surface area (Å²) in [6.07, 6.45) is 2.43. The molecular weight excluding hydrogens is 214 g/mol. The monoisotopic (exact) mass is 231 g/mol. The van der Waals surface area contributed by atoms with E-state index in [0.717, 1.165) is 17.0 Å². The molecule has 0 saturated heterocycles. The number of hydrogen-bond acceptors (Lipinski definition) is 2. The van der Waals surface area contributed by atoms with Gasteiger partial charge in [0.05, 0.1) is 12.5 Å². The molecule has 17 heavy (non-hydrogen) atoms. The van der Waals surface area contributed by atoms with Crippen LogP contribution in [-0.2, 0) is 10.2 Å². The summed E-state index contributed by atoms with van der Waals surface area (Å²) in [6, 6.07) is 5.75. The molecule has 1 aromatic rings. The van der Waals surface area contributed by atoms with Crippen molar-refractivity contribution < 1.29 is 9.53 Å². The van der Waals surface area contributed by atoms with Crippen molar-refractivity contribution in [2.75, 3.05) is 19.1 Å². The highest BCUT2D eigenvalue weighted by Gasteiger charge is 2.45. The molecule has 0 saturated carbocycles. The Morgan fingerprint density at radius 1 is 1.53 bits per heavy atom. The molecule has 1 aliphatic rings. The average molecular weight is 231 g/mol. The molecule has 1 amide bonds. The van der Waals surface area contributed by atoms with Crippen molar-refractivity contribution in [3.05, 3.63) is 36.4 Å². The minimum absolute atomic E-state index is 0.112. The van der Waals surface area contributed by atoms with Crippen LogP contribution in [-0.4, -0.2) is 20.1 Å². The highest BCUT2D eigenvalue weighted by atomic mass is 16.5. The summed E-state index contributed by atoms with van der Waals surface area (Å²) in [7, 11) is 3.44. The number of amides is 1. The van der Waals surface area contributed by atoms with Crippen molar-refractivity contribution in [1.82, 2.24) is 0 Å². The van der Waals surface area contributed by atoms with Crippen LogP contribution in [0.2, 0.25) is 0 Å². The number of methoxy groups -OCH3 is 1. The number of ether oxygens (including phenoxy) is 1. The molecule has 0 N–H and O–H groups in total. The van der Waals surface area contributed by atoms with Gasteiger partial charge in [-0.25, -0.2) is 0 Å². The first-order valence-corrected chi connectivity index (χ1v) is 5.62. The summed E-state index contributed by atoms with van der Waals surface area (Å²) in [5.74, 6) is 0.891. The highest BCUT2D eigenvalue weighted by molar-refractivity contribution is 6.07. The third-order valence-electron chi connectivity index (χ3n) is 3.49. The number of allylic oxidation sites excluding steroid dienone is 1. The smallest absolute Gasteiger partial charge is 0.237 e. The third-order valence-corrected chi connectivity index (χ3v) is 3.49. The Balaban J connectivity index is 2.60. The molecule has 1 aromatic carbocycles. The maximum atomic E-state index is 12.3. The minimum Gasteiger partial charge on any atom is -0.497 e. The first-order valence-electron chi connectivity index (χ1n) is 5.62. The molecule has 0 radical (unpaired) electrons. The summed E-state index contributed by atoms with van der Waals surface area (Å²) in [5, 5.41) is 0. The lowest BCUT2D eigenvalue weighted by Gasteiger charge is -2.21. The van der Waals surface area contributed by atoms with Gasteiger partial charge in [0, 0.05) is 12.7 Å². The molecule has 0 bridgehead atoms. The summed E-state index contributed by atoms with van der Waals surface area (Å²) in [6.45, 7) is 5.70. The zero-order chi connectivity index (χ0) is 12.6.